The number of ether oxygens (including phenoxy) is 2. The molecule has 0 atom stereocenters. The molecule has 0 aliphatic carbocycles. The summed E-state index contributed by atoms with van der Waals surface area (Å²) in [5, 5.41) is 0. The topological polar surface area (TPSA) is 18.5 Å². The van der Waals surface area contributed by atoms with Crippen LogP contribution in [0.4, 0.5) is 0 Å². The molecule has 0 radical (unpaired) electrons. The molecule has 0 N–H and O–H groups in total. The van der Waals surface area contributed by atoms with Crippen LogP contribution in [0.5, 0.6) is 0 Å². The fraction of sp³-hybridized carbons (Fsp3) is 0.667. The molecule has 0 spiro atoms. The fourth-order valence-electron chi connectivity index (χ4n) is 0.321. The van der Waals surface area contributed by atoms with Gasteiger partial charge in [0.15, 0.2) is 4.67 Å². The van der Waals surface area contributed by atoms with E-state index in [0.29, 0.717) is 17.9 Å². The van der Waals surface area contributed by atoms with Crippen molar-refractivity contribution in [3.05, 3.63) is 10.9 Å². The van der Waals surface area contributed by atoms with Gasteiger partial charge in [0.2, 0.25) is 0 Å². The van der Waals surface area contributed by atoms with E-state index in [4.69, 9.17) is 9.47 Å². The molecule has 0 rings (SSSR count). The number of rotatable bonds is 4. The maximum absolute atomic E-state index is 5.00. The molecule has 0 fully saturated rings. The molecular formula is C6H11BrO2. The first-order valence-corrected chi connectivity index (χ1v) is 3.70. The van der Waals surface area contributed by atoms with Gasteiger partial charge in [0.05, 0.1) is 13.2 Å². The maximum atomic E-state index is 5.00. The van der Waals surface area contributed by atoms with Crippen molar-refractivity contribution in [1.82, 2.24) is 0 Å². The Morgan fingerprint density at radius 3 is 2.56 bits per heavy atom. The van der Waals surface area contributed by atoms with Crippen molar-refractivity contribution in [1.29, 1.82) is 0 Å². The van der Waals surface area contributed by atoms with Crippen LogP contribution in [0.15, 0.2) is 10.9 Å². The lowest BCUT2D eigenvalue weighted by Gasteiger charge is -1.99. The molecule has 0 heterocycles. The van der Waals surface area contributed by atoms with Gasteiger partial charge < -0.3 is 9.47 Å². The predicted octanol–water partition coefficient (Wildman–Crippen LogP) is 2.25. The minimum atomic E-state index is 0.645. The van der Waals surface area contributed by atoms with E-state index < -0.39 is 0 Å². The summed E-state index contributed by atoms with van der Waals surface area (Å²) in [4.78, 5) is 0. The molecule has 0 aliphatic rings. The Bertz CT molecular complexity index is 91.1. The first-order valence-electron chi connectivity index (χ1n) is 2.91. The molecule has 0 aromatic rings. The Morgan fingerprint density at radius 1 is 1.44 bits per heavy atom. The van der Waals surface area contributed by atoms with Gasteiger partial charge in [-0.05, 0) is 29.8 Å². The number of hydrogen-bond donors (Lipinski definition) is 0. The van der Waals surface area contributed by atoms with Crippen LogP contribution in [-0.2, 0) is 9.47 Å². The summed E-state index contributed by atoms with van der Waals surface area (Å²) in [6.07, 6.45) is 1.55. The molecule has 2 nitrogen and oxygen atoms in total. The van der Waals surface area contributed by atoms with Crippen LogP contribution >= 0.6 is 15.9 Å². The highest BCUT2D eigenvalue weighted by Crippen LogP contribution is 2.05. The third-order valence-corrected chi connectivity index (χ3v) is 1.04. The lowest BCUT2D eigenvalue weighted by atomic mass is 10.8. The molecule has 0 unspecified atom stereocenters. The Hall–Kier alpha value is -0.180. The number of halogens is 1. The lowest BCUT2D eigenvalue weighted by Crippen LogP contribution is -1.85. The molecule has 54 valence electrons. The number of hydrogen-bond acceptors (Lipinski definition) is 2. The first-order chi connectivity index (χ1) is 4.31. The van der Waals surface area contributed by atoms with Gasteiger partial charge in [-0.15, -0.1) is 0 Å². The van der Waals surface area contributed by atoms with Gasteiger partial charge in [0, 0.05) is 0 Å². The third kappa shape index (κ3) is 5.69. The van der Waals surface area contributed by atoms with Gasteiger partial charge in [-0.2, -0.15) is 0 Å². The van der Waals surface area contributed by atoms with Crippen LogP contribution < -0.4 is 0 Å². The standard InChI is InChI=1S/C6H11BrO2/c1-3-8-5-6(7)9-4-2/h5H,3-4H2,1-2H3. The van der Waals surface area contributed by atoms with Crippen molar-refractivity contribution < 1.29 is 9.47 Å². The maximum Gasteiger partial charge on any atom is 0.196 e. The van der Waals surface area contributed by atoms with Crippen molar-refractivity contribution in [2.24, 2.45) is 0 Å². The second-order valence-corrected chi connectivity index (χ2v) is 2.09. The van der Waals surface area contributed by atoms with E-state index in [-0.39, 0.29) is 0 Å². The molecule has 9 heavy (non-hydrogen) atoms. The summed E-state index contributed by atoms with van der Waals surface area (Å²) in [6.45, 7) is 5.16. The van der Waals surface area contributed by atoms with Crippen LogP contribution in [0.1, 0.15) is 13.8 Å². The van der Waals surface area contributed by atoms with Gasteiger partial charge in [0.1, 0.15) is 6.26 Å². The van der Waals surface area contributed by atoms with Gasteiger partial charge in [-0.1, -0.05) is 0 Å². The van der Waals surface area contributed by atoms with Crippen molar-refractivity contribution in [2.75, 3.05) is 13.2 Å². The summed E-state index contributed by atoms with van der Waals surface area (Å²) < 4.78 is 10.6. The summed E-state index contributed by atoms with van der Waals surface area (Å²) in [7, 11) is 0. The summed E-state index contributed by atoms with van der Waals surface area (Å²) in [5.41, 5.74) is 0. The summed E-state index contributed by atoms with van der Waals surface area (Å²) in [6, 6.07) is 0. The SMILES string of the molecule is CCOC=C(Br)OCC. The van der Waals surface area contributed by atoms with Crippen LogP contribution in [0, 0.1) is 0 Å². The molecule has 0 bridgehead atoms. The Kier molecular flexibility index (Phi) is 5.83. The van der Waals surface area contributed by atoms with E-state index in [1.807, 2.05) is 13.8 Å². The molecule has 0 aromatic carbocycles. The zero-order valence-corrected chi connectivity index (χ0v) is 7.27. The second kappa shape index (κ2) is 5.95. The van der Waals surface area contributed by atoms with E-state index >= 15 is 0 Å². The van der Waals surface area contributed by atoms with Crippen molar-refractivity contribution in [3.8, 4) is 0 Å². The summed E-state index contributed by atoms with van der Waals surface area (Å²) in [5.74, 6) is 0. The molecule has 0 aliphatic heterocycles. The molecule has 0 saturated heterocycles. The molecular weight excluding hydrogens is 184 g/mol. The average Bonchev–Trinajstić information content (AvgIpc) is 1.85. The van der Waals surface area contributed by atoms with Crippen molar-refractivity contribution in [2.45, 2.75) is 13.8 Å². The smallest absolute Gasteiger partial charge is 0.196 e. The van der Waals surface area contributed by atoms with Gasteiger partial charge in [-0.3, -0.25) is 0 Å². The predicted molar refractivity (Wildman–Crippen MR) is 40.3 cm³/mol. The highest BCUT2D eigenvalue weighted by Gasteiger charge is 1.86. The van der Waals surface area contributed by atoms with Crippen molar-refractivity contribution in [3.63, 3.8) is 0 Å². The quantitative estimate of drug-likeness (QED) is 0.640. The Labute approximate surface area is 64.0 Å². The molecule has 0 saturated carbocycles. The van der Waals surface area contributed by atoms with Crippen LogP contribution in [0.3, 0.4) is 0 Å². The molecule has 0 aromatic heterocycles. The highest BCUT2D eigenvalue weighted by molar-refractivity contribution is 9.11. The van der Waals surface area contributed by atoms with Gasteiger partial charge >= 0.3 is 0 Å². The van der Waals surface area contributed by atoms with Gasteiger partial charge in [-0.25, -0.2) is 0 Å². The zero-order valence-electron chi connectivity index (χ0n) is 5.69. The van der Waals surface area contributed by atoms with Crippen LogP contribution in [0.2, 0.25) is 0 Å². The minimum absolute atomic E-state index is 0.645. The second-order valence-electron chi connectivity index (χ2n) is 1.31. The molecule has 0 amide bonds. The monoisotopic (exact) mass is 194 g/mol. The lowest BCUT2D eigenvalue weighted by molar-refractivity contribution is 0.215. The zero-order chi connectivity index (χ0) is 7.11. The van der Waals surface area contributed by atoms with Crippen LogP contribution in [-0.4, -0.2) is 13.2 Å². The largest absolute Gasteiger partial charge is 0.497 e. The van der Waals surface area contributed by atoms with E-state index in [2.05, 4.69) is 15.9 Å². The third-order valence-electron chi connectivity index (χ3n) is 0.625. The highest BCUT2D eigenvalue weighted by atomic mass is 79.9. The van der Waals surface area contributed by atoms with E-state index in [1.54, 1.807) is 6.26 Å². The van der Waals surface area contributed by atoms with E-state index in [1.165, 1.54) is 0 Å². The van der Waals surface area contributed by atoms with E-state index in [0.717, 1.165) is 0 Å². The normalized spacial score (nSPS) is 11.2. The Morgan fingerprint density at radius 2 is 2.11 bits per heavy atom. The average molecular weight is 195 g/mol. The van der Waals surface area contributed by atoms with Gasteiger partial charge in [0.25, 0.3) is 0 Å². The first kappa shape index (κ1) is 8.82. The van der Waals surface area contributed by atoms with Crippen LogP contribution in [0.25, 0.3) is 0 Å². The fourth-order valence-corrected chi connectivity index (χ4v) is 0.682. The Balaban J connectivity index is 3.30. The van der Waals surface area contributed by atoms with E-state index in [9.17, 15) is 0 Å². The summed E-state index contributed by atoms with van der Waals surface area (Å²) >= 11 is 3.15. The molecule has 3 heteroatoms. The van der Waals surface area contributed by atoms with Crippen molar-refractivity contribution >= 4 is 15.9 Å². The minimum Gasteiger partial charge on any atom is -0.497 e.